The third kappa shape index (κ3) is 7.64. The molecule has 0 bridgehead atoms. The Morgan fingerprint density at radius 3 is 2.45 bits per heavy atom. The van der Waals surface area contributed by atoms with Gasteiger partial charge in [-0.2, -0.15) is 0 Å². The van der Waals surface area contributed by atoms with Crippen molar-refractivity contribution in [3.8, 4) is 0 Å². The van der Waals surface area contributed by atoms with E-state index in [0.29, 0.717) is 13.2 Å². The molecule has 0 spiro atoms. The molecule has 0 fully saturated rings. The van der Waals surface area contributed by atoms with E-state index < -0.39 is 11.6 Å². The molecule has 0 radical (unpaired) electrons. The Bertz CT molecular complexity index is 474. The van der Waals surface area contributed by atoms with Crippen LogP contribution in [0.2, 0.25) is 0 Å². The summed E-state index contributed by atoms with van der Waals surface area (Å²) in [6, 6.07) is 9.46. The van der Waals surface area contributed by atoms with E-state index >= 15 is 0 Å². The summed E-state index contributed by atoms with van der Waals surface area (Å²) in [5, 5.41) is 5.70. The molecule has 0 aliphatic carbocycles. The largest absolute Gasteiger partial charge is 0.465 e. The minimum absolute atomic E-state index is 0.109. The fourth-order valence-corrected chi connectivity index (χ4v) is 1.77. The predicted octanol–water partition coefficient (Wildman–Crippen LogP) is 1.84. The van der Waals surface area contributed by atoms with Crippen molar-refractivity contribution in [2.24, 2.45) is 0 Å². The zero-order chi connectivity index (χ0) is 16.4. The minimum Gasteiger partial charge on any atom is -0.465 e. The summed E-state index contributed by atoms with van der Waals surface area (Å²) in [6.07, 6.45) is -0.494. The molecule has 0 heterocycles. The summed E-state index contributed by atoms with van der Waals surface area (Å²) in [6.45, 7) is 6.55. The van der Waals surface area contributed by atoms with Gasteiger partial charge in [0.05, 0.1) is 18.7 Å². The highest BCUT2D eigenvalue weighted by Gasteiger charge is 2.21. The van der Waals surface area contributed by atoms with Crippen LogP contribution in [0.1, 0.15) is 26.3 Å². The Balaban J connectivity index is 2.27. The number of carbonyl (C=O) groups excluding carboxylic acids is 2. The lowest BCUT2D eigenvalue weighted by atomic mass is 10.1. The van der Waals surface area contributed by atoms with Gasteiger partial charge in [0, 0.05) is 6.54 Å². The first-order chi connectivity index (χ1) is 10.4. The maximum Gasteiger partial charge on any atom is 0.407 e. The van der Waals surface area contributed by atoms with Crippen LogP contribution < -0.4 is 10.6 Å². The van der Waals surface area contributed by atoms with E-state index in [1.165, 1.54) is 0 Å². The molecule has 1 aromatic carbocycles. The smallest absolute Gasteiger partial charge is 0.407 e. The van der Waals surface area contributed by atoms with Crippen LogP contribution in [0, 0.1) is 0 Å². The Morgan fingerprint density at radius 1 is 1.14 bits per heavy atom. The number of rotatable bonds is 8. The lowest BCUT2D eigenvalue weighted by molar-refractivity contribution is -0.142. The first-order valence-corrected chi connectivity index (χ1v) is 7.28. The SMILES string of the molecule is CCOC(=O)CNCC(C)(C)NC(=O)OCc1ccccc1. The fourth-order valence-electron chi connectivity index (χ4n) is 1.77. The molecule has 1 rings (SSSR count). The van der Waals surface area contributed by atoms with E-state index in [4.69, 9.17) is 9.47 Å². The van der Waals surface area contributed by atoms with Gasteiger partial charge in [-0.05, 0) is 26.3 Å². The second kappa shape index (κ2) is 9.04. The highest BCUT2D eigenvalue weighted by Crippen LogP contribution is 2.04. The Labute approximate surface area is 131 Å². The number of benzene rings is 1. The molecule has 0 aromatic heterocycles. The summed E-state index contributed by atoms with van der Waals surface area (Å²) in [5.41, 5.74) is 0.385. The topological polar surface area (TPSA) is 76.7 Å². The molecule has 0 atom stereocenters. The van der Waals surface area contributed by atoms with E-state index in [-0.39, 0.29) is 19.1 Å². The summed E-state index contributed by atoms with van der Waals surface area (Å²) >= 11 is 0. The predicted molar refractivity (Wildman–Crippen MR) is 83.3 cm³/mol. The maximum atomic E-state index is 11.8. The standard InChI is InChI=1S/C16H24N2O4/c1-4-21-14(19)10-17-12-16(2,3)18-15(20)22-11-13-8-6-5-7-9-13/h5-9,17H,4,10-12H2,1-3H3,(H,18,20). The van der Waals surface area contributed by atoms with Gasteiger partial charge >= 0.3 is 12.1 Å². The number of ether oxygens (including phenoxy) is 2. The summed E-state index contributed by atoms with van der Waals surface area (Å²) in [7, 11) is 0. The number of amides is 1. The van der Waals surface area contributed by atoms with E-state index in [1.807, 2.05) is 44.2 Å². The van der Waals surface area contributed by atoms with Crippen LogP contribution in [0.15, 0.2) is 30.3 Å². The molecule has 122 valence electrons. The van der Waals surface area contributed by atoms with Gasteiger partial charge < -0.3 is 20.1 Å². The molecular formula is C16H24N2O4. The fraction of sp³-hybridized carbons (Fsp3) is 0.500. The molecular weight excluding hydrogens is 284 g/mol. The van der Waals surface area contributed by atoms with Crippen LogP contribution in [0.4, 0.5) is 4.79 Å². The van der Waals surface area contributed by atoms with E-state index in [2.05, 4.69) is 10.6 Å². The molecule has 1 aromatic rings. The Kier molecular flexibility index (Phi) is 7.39. The van der Waals surface area contributed by atoms with Gasteiger partial charge in [0.25, 0.3) is 0 Å². The number of hydrogen-bond donors (Lipinski definition) is 2. The van der Waals surface area contributed by atoms with Crippen molar-refractivity contribution in [2.75, 3.05) is 19.7 Å². The summed E-state index contributed by atoms with van der Waals surface area (Å²) in [5.74, 6) is -0.315. The van der Waals surface area contributed by atoms with Crippen LogP contribution >= 0.6 is 0 Å². The number of alkyl carbamates (subject to hydrolysis) is 1. The van der Waals surface area contributed by atoms with E-state index in [9.17, 15) is 9.59 Å². The molecule has 6 nitrogen and oxygen atoms in total. The number of carbonyl (C=O) groups is 2. The van der Waals surface area contributed by atoms with Gasteiger partial charge in [-0.1, -0.05) is 30.3 Å². The first-order valence-electron chi connectivity index (χ1n) is 7.28. The van der Waals surface area contributed by atoms with Gasteiger partial charge in [0.15, 0.2) is 0 Å². The highest BCUT2D eigenvalue weighted by molar-refractivity contribution is 5.71. The summed E-state index contributed by atoms with van der Waals surface area (Å²) < 4.78 is 9.97. The lowest BCUT2D eigenvalue weighted by Crippen LogP contribution is -2.51. The van der Waals surface area contributed by atoms with Crippen molar-refractivity contribution in [3.63, 3.8) is 0 Å². The quantitative estimate of drug-likeness (QED) is 0.717. The zero-order valence-corrected chi connectivity index (χ0v) is 13.3. The van der Waals surface area contributed by atoms with E-state index in [0.717, 1.165) is 5.56 Å². The Morgan fingerprint density at radius 2 is 1.82 bits per heavy atom. The van der Waals surface area contributed by atoms with Crippen LogP contribution in [-0.4, -0.2) is 37.3 Å². The van der Waals surface area contributed by atoms with Gasteiger partial charge in [0.2, 0.25) is 0 Å². The van der Waals surface area contributed by atoms with Crippen molar-refractivity contribution in [1.82, 2.24) is 10.6 Å². The molecule has 0 unspecified atom stereocenters. The van der Waals surface area contributed by atoms with Crippen molar-refractivity contribution >= 4 is 12.1 Å². The zero-order valence-electron chi connectivity index (χ0n) is 13.3. The van der Waals surface area contributed by atoms with Crippen LogP contribution in [-0.2, 0) is 20.9 Å². The second-order valence-corrected chi connectivity index (χ2v) is 5.48. The average molecular weight is 308 g/mol. The molecule has 22 heavy (non-hydrogen) atoms. The van der Waals surface area contributed by atoms with Crippen molar-refractivity contribution in [1.29, 1.82) is 0 Å². The minimum atomic E-state index is -0.541. The van der Waals surface area contributed by atoms with Crippen molar-refractivity contribution in [3.05, 3.63) is 35.9 Å². The van der Waals surface area contributed by atoms with Crippen LogP contribution in [0.5, 0.6) is 0 Å². The third-order valence-corrected chi connectivity index (χ3v) is 2.79. The number of hydrogen-bond acceptors (Lipinski definition) is 5. The van der Waals surface area contributed by atoms with Gasteiger partial charge in [0.1, 0.15) is 6.61 Å². The van der Waals surface area contributed by atoms with Gasteiger partial charge in [-0.3, -0.25) is 4.79 Å². The molecule has 1 amide bonds. The number of esters is 1. The molecule has 0 aliphatic heterocycles. The summed E-state index contributed by atoms with van der Waals surface area (Å²) in [4.78, 5) is 23.0. The van der Waals surface area contributed by atoms with Crippen LogP contribution in [0.25, 0.3) is 0 Å². The molecule has 0 saturated heterocycles. The lowest BCUT2D eigenvalue weighted by Gasteiger charge is -2.26. The second-order valence-electron chi connectivity index (χ2n) is 5.48. The molecule has 0 saturated carbocycles. The first kappa shape index (κ1) is 18.0. The van der Waals surface area contributed by atoms with E-state index in [1.54, 1.807) is 6.92 Å². The van der Waals surface area contributed by atoms with Gasteiger partial charge in [-0.15, -0.1) is 0 Å². The van der Waals surface area contributed by atoms with Crippen LogP contribution in [0.3, 0.4) is 0 Å². The Hall–Kier alpha value is -2.08. The highest BCUT2D eigenvalue weighted by atomic mass is 16.5. The monoisotopic (exact) mass is 308 g/mol. The van der Waals surface area contributed by atoms with Gasteiger partial charge in [-0.25, -0.2) is 4.79 Å². The molecule has 2 N–H and O–H groups in total. The normalized spacial score (nSPS) is 10.9. The number of nitrogens with one attached hydrogen (secondary N) is 2. The maximum absolute atomic E-state index is 11.8. The molecule has 6 heteroatoms. The van der Waals surface area contributed by atoms with Crippen molar-refractivity contribution < 1.29 is 19.1 Å². The average Bonchev–Trinajstić information content (AvgIpc) is 2.46. The molecule has 0 aliphatic rings. The third-order valence-electron chi connectivity index (χ3n) is 2.79. The van der Waals surface area contributed by atoms with Crippen molar-refractivity contribution in [2.45, 2.75) is 32.9 Å².